The van der Waals surface area contributed by atoms with E-state index in [2.05, 4.69) is 5.32 Å². The minimum Gasteiger partial charge on any atom is -0.392 e. The minimum absolute atomic E-state index is 0.0555. The molecule has 1 aromatic rings. The van der Waals surface area contributed by atoms with Gasteiger partial charge in [0.2, 0.25) is 0 Å². The Kier molecular flexibility index (Phi) is 2.80. The molecule has 2 rings (SSSR count). The molecule has 1 fully saturated rings. The third kappa shape index (κ3) is 1.98. The van der Waals surface area contributed by atoms with Crippen molar-refractivity contribution in [2.75, 3.05) is 5.32 Å². The van der Waals surface area contributed by atoms with Crippen LogP contribution < -0.4 is 5.32 Å². The molecule has 4 heteroatoms. The van der Waals surface area contributed by atoms with Crippen LogP contribution in [0.1, 0.15) is 25.8 Å². The molecule has 1 saturated carbocycles. The van der Waals surface area contributed by atoms with Gasteiger partial charge in [-0.2, -0.15) is 5.26 Å². The Hall–Kier alpha value is -1.60. The first-order chi connectivity index (χ1) is 7.95. The molecule has 1 aliphatic carbocycles. The summed E-state index contributed by atoms with van der Waals surface area (Å²) in [7, 11) is 0. The van der Waals surface area contributed by atoms with E-state index < -0.39 is 5.82 Å². The zero-order valence-corrected chi connectivity index (χ0v) is 9.87. The number of hydrogen-bond acceptors (Lipinski definition) is 3. The number of hydrogen-bond donors (Lipinski definition) is 2. The van der Waals surface area contributed by atoms with Gasteiger partial charge in [0, 0.05) is 11.5 Å². The Morgan fingerprint density at radius 1 is 1.53 bits per heavy atom. The summed E-state index contributed by atoms with van der Waals surface area (Å²) in [5, 5.41) is 21.3. The molecule has 0 aliphatic heterocycles. The molecule has 3 nitrogen and oxygen atoms in total. The van der Waals surface area contributed by atoms with Gasteiger partial charge in [-0.15, -0.1) is 0 Å². The van der Waals surface area contributed by atoms with E-state index in [4.69, 9.17) is 5.26 Å². The molecule has 0 radical (unpaired) electrons. The first-order valence-electron chi connectivity index (χ1n) is 5.59. The molecule has 17 heavy (non-hydrogen) atoms. The number of nitrogens with one attached hydrogen (secondary N) is 1. The van der Waals surface area contributed by atoms with Gasteiger partial charge in [-0.3, -0.25) is 0 Å². The topological polar surface area (TPSA) is 56.0 Å². The predicted octanol–water partition coefficient (Wildman–Crippen LogP) is 2.27. The van der Waals surface area contributed by atoms with E-state index in [0.29, 0.717) is 17.7 Å². The van der Waals surface area contributed by atoms with Crippen molar-refractivity contribution < 1.29 is 9.50 Å². The van der Waals surface area contributed by atoms with Crippen molar-refractivity contribution in [3.63, 3.8) is 0 Å². The summed E-state index contributed by atoms with van der Waals surface area (Å²) in [6.45, 7) is 3.89. The van der Waals surface area contributed by atoms with Crippen LogP contribution in [-0.4, -0.2) is 17.3 Å². The summed E-state index contributed by atoms with van der Waals surface area (Å²) < 4.78 is 13.6. The van der Waals surface area contributed by atoms with Gasteiger partial charge in [0.1, 0.15) is 5.82 Å². The highest BCUT2D eigenvalue weighted by Crippen LogP contribution is 2.42. The fourth-order valence-corrected chi connectivity index (χ4v) is 2.04. The third-order valence-electron chi connectivity index (χ3n) is 3.64. The van der Waals surface area contributed by atoms with Crippen molar-refractivity contribution in [1.82, 2.24) is 0 Å². The summed E-state index contributed by atoms with van der Waals surface area (Å²) >= 11 is 0. The summed E-state index contributed by atoms with van der Waals surface area (Å²) in [5.74, 6) is -0.429. The van der Waals surface area contributed by atoms with Crippen LogP contribution in [0.3, 0.4) is 0 Å². The van der Waals surface area contributed by atoms with Gasteiger partial charge in [-0.05, 0) is 24.6 Å². The van der Waals surface area contributed by atoms with Crippen LogP contribution in [0.2, 0.25) is 0 Å². The average Bonchev–Trinajstić information content (AvgIpc) is 2.30. The van der Waals surface area contributed by atoms with Crippen molar-refractivity contribution in [1.29, 1.82) is 5.26 Å². The predicted molar refractivity (Wildman–Crippen MR) is 62.9 cm³/mol. The van der Waals surface area contributed by atoms with Gasteiger partial charge in [-0.25, -0.2) is 4.39 Å². The number of rotatable bonds is 2. The van der Waals surface area contributed by atoms with Gasteiger partial charge >= 0.3 is 0 Å². The molecule has 2 unspecified atom stereocenters. The molecule has 0 amide bonds. The fourth-order valence-electron chi connectivity index (χ4n) is 2.04. The average molecular weight is 234 g/mol. The maximum atomic E-state index is 13.6. The molecule has 0 aromatic heterocycles. The van der Waals surface area contributed by atoms with E-state index in [0.717, 1.165) is 0 Å². The van der Waals surface area contributed by atoms with Crippen LogP contribution in [0.4, 0.5) is 10.1 Å². The highest BCUT2D eigenvalue weighted by Gasteiger charge is 2.47. The van der Waals surface area contributed by atoms with Crippen LogP contribution in [0.25, 0.3) is 0 Å². The molecular formula is C13H15FN2O. The van der Waals surface area contributed by atoms with E-state index in [-0.39, 0.29) is 17.6 Å². The zero-order chi connectivity index (χ0) is 12.6. The second-order valence-corrected chi connectivity index (χ2v) is 5.08. The first-order valence-corrected chi connectivity index (χ1v) is 5.59. The first kappa shape index (κ1) is 11.9. The maximum Gasteiger partial charge on any atom is 0.147 e. The van der Waals surface area contributed by atoms with Gasteiger partial charge < -0.3 is 10.4 Å². The van der Waals surface area contributed by atoms with Gasteiger partial charge in [0.15, 0.2) is 0 Å². The molecule has 90 valence electrons. The molecule has 1 aromatic carbocycles. The van der Waals surface area contributed by atoms with Crippen LogP contribution in [-0.2, 0) is 0 Å². The Morgan fingerprint density at radius 2 is 2.24 bits per heavy atom. The van der Waals surface area contributed by atoms with Crippen LogP contribution >= 0.6 is 0 Å². The summed E-state index contributed by atoms with van der Waals surface area (Å²) in [5.41, 5.74) is 0.440. The van der Waals surface area contributed by atoms with Crippen molar-refractivity contribution >= 4 is 5.69 Å². The molecule has 2 N–H and O–H groups in total. The summed E-state index contributed by atoms with van der Waals surface area (Å²) in [4.78, 5) is 0. The van der Waals surface area contributed by atoms with Crippen LogP contribution in [0.5, 0.6) is 0 Å². The molecule has 0 bridgehead atoms. The minimum atomic E-state index is -0.429. The smallest absolute Gasteiger partial charge is 0.147 e. The Morgan fingerprint density at radius 3 is 2.71 bits per heavy atom. The molecule has 0 spiro atoms. The highest BCUT2D eigenvalue weighted by molar-refractivity contribution is 5.50. The van der Waals surface area contributed by atoms with Gasteiger partial charge in [-0.1, -0.05) is 13.8 Å². The number of aliphatic hydroxyl groups excluding tert-OH is 1. The monoisotopic (exact) mass is 234 g/mol. The number of halogens is 1. The standard InChI is InChI=1S/C13H15FN2O/c1-13(2)11(6-12(13)17)16-10-4-3-8(7-15)5-9(10)14/h3-5,11-12,16-17H,6H2,1-2H3. The van der Waals surface area contributed by atoms with Crippen molar-refractivity contribution in [2.45, 2.75) is 32.4 Å². The molecule has 0 heterocycles. The lowest BCUT2D eigenvalue weighted by molar-refractivity contribution is -0.0511. The highest BCUT2D eigenvalue weighted by atomic mass is 19.1. The number of nitriles is 1. The SMILES string of the molecule is CC1(C)C(O)CC1Nc1ccc(C#N)cc1F. The lowest BCUT2D eigenvalue weighted by atomic mass is 9.64. The molecule has 1 aliphatic rings. The molecule has 0 saturated heterocycles. The molecular weight excluding hydrogens is 219 g/mol. The Balaban J connectivity index is 2.13. The van der Waals surface area contributed by atoms with Crippen molar-refractivity contribution in [3.8, 4) is 6.07 Å². The van der Waals surface area contributed by atoms with E-state index in [1.807, 2.05) is 19.9 Å². The largest absolute Gasteiger partial charge is 0.392 e. The van der Waals surface area contributed by atoms with E-state index in [1.165, 1.54) is 6.07 Å². The number of benzene rings is 1. The maximum absolute atomic E-state index is 13.6. The lowest BCUT2D eigenvalue weighted by Gasteiger charge is -2.49. The fraction of sp³-hybridized carbons (Fsp3) is 0.462. The van der Waals surface area contributed by atoms with Gasteiger partial charge in [0.05, 0.1) is 23.4 Å². The van der Waals surface area contributed by atoms with E-state index in [1.54, 1.807) is 12.1 Å². The Bertz CT molecular complexity index is 479. The zero-order valence-electron chi connectivity index (χ0n) is 9.87. The van der Waals surface area contributed by atoms with Crippen LogP contribution in [0.15, 0.2) is 18.2 Å². The third-order valence-corrected chi connectivity index (χ3v) is 3.64. The van der Waals surface area contributed by atoms with Crippen molar-refractivity contribution in [2.24, 2.45) is 5.41 Å². The summed E-state index contributed by atoms with van der Waals surface area (Å²) in [6, 6.07) is 6.30. The Labute approximate surface area is 99.9 Å². The second-order valence-electron chi connectivity index (χ2n) is 5.08. The van der Waals surface area contributed by atoms with E-state index in [9.17, 15) is 9.50 Å². The quantitative estimate of drug-likeness (QED) is 0.825. The van der Waals surface area contributed by atoms with Gasteiger partial charge in [0.25, 0.3) is 0 Å². The normalized spacial score (nSPS) is 25.8. The second kappa shape index (κ2) is 4.01. The van der Waals surface area contributed by atoms with Crippen LogP contribution in [0, 0.1) is 22.6 Å². The number of aliphatic hydroxyl groups is 1. The lowest BCUT2D eigenvalue weighted by Crippen LogP contribution is -2.57. The molecule has 2 atom stereocenters. The number of anilines is 1. The number of nitrogens with zero attached hydrogens (tertiary/aromatic N) is 1. The van der Waals surface area contributed by atoms with E-state index >= 15 is 0 Å². The van der Waals surface area contributed by atoms with Crippen molar-refractivity contribution in [3.05, 3.63) is 29.6 Å². The summed E-state index contributed by atoms with van der Waals surface area (Å²) in [6.07, 6.45) is 0.272.